The molecular weight excluding hydrogens is 312 g/mol. The van der Waals surface area contributed by atoms with Crippen LogP contribution in [0.15, 0.2) is 84.9 Å². The van der Waals surface area contributed by atoms with Crippen LogP contribution >= 0.6 is 0 Å². The highest BCUT2D eigenvalue weighted by Gasteiger charge is 2.28. The minimum atomic E-state index is -0.550. The Hall–Kier alpha value is -3.46. The quantitative estimate of drug-likeness (QED) is 0.260. The van der Waals surface area contributed by atoms with Crippen LogP contribution in [0, 0.1) is 0 Å². The molecule has 3 heteroatoms. The Bertz CT molecular complexity index is 974. The molecule has 1 heterocycles. The first-order chi connectivity index (χ1) is 12.2. The Morgan fingerprint density at radius 3 is 1.16 bits per heavy atom. The molecular formula is C22H14O3. The van der Waals surface area contributed by atoms with Crippen LogP contribution in [0.4, 0.5) is 0 Å². The third-order valence-electron chi connectivity index (χ3n) is 4.17. The number of ether oxygens (including phenoxy) is 1. The van der Waals surface area contributed by atoms with Crippen molar-refractivity contribution < 1.29 is 14.3 Å². The maximum Gasteiger partial charge on any atom is 0.346 e. The summed E-state index contributed by atoms with van der Waals surface area (Å²) in [4.78, 5) is 21.7. The van der Waals surface area contributed by atoms with Gasteiger partial charge in [0, 0.05) is 0 Å². The molecule has 1 aliphatic rings. The lowest BCUT2D eigenvalue weighted by molar-refractivity contribution is 0.0444. The Balaban J connectivity index is 0.000000129. The SMILES string of the molecule is O=C1OC(=O)c2ccccc21.c1ccc2cc3ccccc3cc2c1. The van der Waals surface area contributed by atoms with Crippen molar-refractivity contribution in [3.05, 3.63) is 96.1 Å². The highest BCUT2D eigenvalue weighted by atomic mass is 16.6. The number of esters is 2. The van der Waals surface area contributed by atoms with Gasteiger partial charge in [-0.05, 0) is 45.8 Å². The van der Waals surface area contributed by atoms with Crippen LogP contribution in [0.1, 0.15) is 20.7 Å². The molecule has 0 radical (unpaired) electrons. The smallest absolute Gasteiger partial charge is 0.346 e. The number of fused-ring (bicyclic) bond motifs is 3. The van der Waals surface area contributed by atoms with Gasteiger partial charge in [-0.25, -0.2) is 9.59 Å². The highest BCUT2D eigenvalue weighted by molar-refractivity contribution is 6.14. The van der Waals surface area contributed by atoms with Gasteiger partial charge in [0.25, 0.3) is 0 Å². The molecule has 3 nitrogen and oxygen atoms in total. The number of carbonyl (C=O) groups excluding carboxylic acids is 2. The monoisotopic (exact) mass is 326 g/mol. The van der Waals surface area contributed by atoms with Crippen LogP contribution in [-0.4, -0.2) is 11.9 Å². The summed E-state index contributed by atoms with van der Waals surface area (Å²) in [5, 5.41) is 5.25. The average molecular weight is 326 g/mol. The van der Waals surface area contributed by atoms with Gasteiger partial charge in [0.05, 0.1) is 11.1 Å². The zero-order valence-corrected chi connectivity index (χ0v) is 13.3. The zero-order chi connectivity index (χ0) is 17.2. The summed E-state index contributed by atoms with van der Waals surface area (Å²) >= 11 is 0. The summed E-state index contributed by atoms with van der Waals surface area (Å²) in [6, 6.07) is 28.0. The number of cyclic esters (lactones) is 2. The number of benzene rings is 4. The van der Waals surface area contributed by atoms with Gasteiger partial charge < -0.3 is 4.74 Å². The van der Waals surface area contributed by atoms with E-state index < -0.39 is 11.9 Å². The van der Waals surface area contributed by atoms with Crippen LogP contribution in [0.25, 0.3) is 21.5 Å². The van der Waals surface area contributed by atoms with Crippen LogP contribution in [0.3, 0.4) is 0 Å². The molecule has 0 bridgehead atoms. The summed E-state index contributed by atoms with van der Waals surface area (Å²) in [6.07, 6.45) is 0. The summed E-state index contributed by atoms with van der Waals surface area (Å²) < 4.78 is 4.35. The van der Waals surface area contributed by atoms with Crippen LogP contribution in [0.2, 0.25) is 0 Å². The first-order valence-corrected chi connectivity index (χ1v) is 7.95. The number of carbonyl (C=O) groups is 2. The molecule has 0 N–H and O–H groups in total. The van der Waals surface area contributed by atoms with Crippen LogP contribution in [-0.2, 0) is 4.74 Å². The molecule has 1 aliphatic heterocycles. The Morgan fingerprint density at radius 1 is 0.480 bits per heavy atom. The molecule has 4 aromatic rings. The minimum Gasteiger partial charge on any atom is -0.386 e. The van der Waals surface area contributed by atoms with E-state index in [0.29, 0.717) is 11.1 Å². The van der Waals surface area contributed by atoms with Crippen molar-refractivity contribution in [2.45, 2.75) is 0 Å². The van der Waals surface area contributed by atoms with E-state index in [2.05, 4.69) is 65.4 Å². The van der Waals surface area contributed by atoms with Gasteiger partial charge in [0.15, 0.2) is 0 Å². The van der Waals surface area contributed by atoms with Crippen molar-refractivity contribution >= 4 is 33.5 Å². The molecule has 0 aromatic heterocycles. The predicted molar refractivity (Wildman–Crippen MR) is 97.6 cm³/mol. The average Bonchev–Trinajstić information content (AvgIpc) is 2.95. The van der Waals surface area contributed by atoms with Crippen molar-refractivity contribution in [2.75, 3.05) is 0 Å². The maximum atomic E-state index is 10.8. The fourth-order valence-corrected chi connectivity index (χ4v) is 2.92. The van der Waals surface area contributed by atoms with E-state index in [1.165, 1.54) is 21.5 Å². The molecule has 4 aromatic carbocycles. The fourth-order valence-electron chi connectivity index (χ4n) is 2.92. The molecule has 25 heavy (non-hydrogen) atoms. The van der Waals surface area contributed by atoms with E-state index in [4.69, 9.17) is 0 Å². The summed E-state index contributed by atoms with van der Waals surface area (Å²) in [5.41, 5.74) is 0.718. The normalized spacial score (nSPS) is 12.5. The standard InChI is InChI=1S/C14H10.C8H4O3/c1-2-6-12-10-14-8-4-3-7-13(14)9-11(12)5-1;9-7-5-3-1-2-4-6(5)8(10)11-7/h1-10H;1-4H. The summed E-state index contributed by atoms with van der Waals surface area (Å²) in [7, 11) is 0. The first kappa shape index (κ1) is 15.1. The van der Waals surface area contributed by atoms with E-state index in [1.54, 1.807) is 24.3 Å². The van der Waals surface area contributed by atoms with E-state index in [9.17, 15) is 9.59 Å². The lowest BCUT2D eigenvalue weighted by Gasteiger charge is -2.00. The van der Waals surface area contributed by atoms with E-state index in [0.717, 1.165) is 0 Å². The number of rotatable bonds is 0. The van der Waals surface area contributed by atoms with Gasteiger partial charge >= 0.3 is 11.9 Å². The summed E-state index contributed by atoms with van der Waals surface area (Å²) in [6.45, 7) is 0. The van der Waals surface area contributed by atoms with Crippen LogP contribution in [0.5, 0.6) is 0 Å². The van der Waals surface area contributed by atoms with Gasteiger partial charge in [-0.15, -0.1) is 0 Å². The lowest BCUT2D eigenvalue weighted by atomic mass is 10.0. The molecule has 0 unspecified atom stereocenters. The summed E-state index contributed by atoms with van der Waals surface area (Å²) in [5.74, 6) is -1.10. The Kier molecular flexibility index (Phi) is 3.75. The van der Waals surface area contributed by atoms with E-state index in [-0.39, 0.29) is 0 Å². The second-order valence-corrected chi connectivity index (χ2v) is 5.77. The third kappa shape index (κ3) is 2.88. The van der Waals surface area contributed by atoms with Gasteiger partial charge in [0.1, 0.15) is 0 Å². The maximum absolute atomic E-state index is 10.8. The molecule has 5 rings (SSSR count). The van der Waals surface area contributed by atoms with Gasteiger partial charge in [-0.1, -0.05) is 60.7 Å². The Morgan fingerprint density at radius 2 is 0.800 bits per heavy atom. The first-order valence-electron chi connectivity index (χ1n) is 7.95. The molecule has 0 aliphatic carbocycles. The highest BCUT2D eigenvalue weighted by Crippen LogP contribution is 2.22. The minimum absolute atomic E-state index is 0.359. The topological polar surface area (TPSA) is 43.4 Å². The van der Waals surface area contributed by atoms with Crippen molar-refractivity contribution in [1.29, 1.82) is 0 Å². The fraction of sp³-hybridized carbons (Fsp3) is 0. The number of hydrogen-bond acceptors (Lipinski definition) is 3. The molecule has 0 spiro atoms. The van der Waals surface area contributed by atoms with Crippen molar-refractivity contribution in [3.8, 4) is 0 Å². The van der Waals surface area contributed by atoms with E-state index >= 15 is 0 Å². The number of hydrogen-bond donors (Lipinski definition) is 0. The molecule has 0 atom stereocenters. The lowest BCUT2D eigenvalue weighted by Crippen LogP contribution is -1.96. The van der Waals surface area contributed by atoms with Crippen molar-refractivity contribution in [3.63, 3.8) is 0 Å². The van der Waals surface area contributed by atoms with Gasteiger partial charge in [-0.2, -0.15) is 0 Å². The van der Waals surface area contributed by atoms with Crippen molar-refractivity contribution in [2.24, 2.45) is 0 Å². The van der Waals surface area contributed by atoms with Gasteiger partial charge in [-0.3, -0.25) is 0 Å². The molecule has 0 amide bonds. The van der Waals surface area contributed by atoms with E-state index in [1.807, 2.05) is 0 Å². The van der Waals surface area contributed by atoms with Crippen LogP contribution < -0.4 is 0 Å². The second-order valence-electron chi connectivity index (χ2n) is 5.77. The largest absolute Gasteiger partial charge is 0.386 e. The Labute approximate surface area is 144 Å². The molecule has 0 fully saturated rings. The van der Waals surface area contributed by atoms with Gasteiger partial charge in [0.2, 0.25) is 0 Å². The molecule has 0 saturated carbocycles. The molecule has 0 saturated heterocycles. The zero-order valence-electron chi connectivity index (χ0n) is 13.3. The molecule has 120 valence electrons. The van der Waals surface area contributed by atoms with Crippen molar-refractivity contribution in [1.82, 2.24) is 0 Å². The second kappa shape index (κ2) is 6.21. The predicted octanol–water partition coefficient (Wildman–Crippen LogP) is 4.99. The third-order valence-corrected chi connectivity index (χ3v) is 4.17.